The molecule has 2 fully saturated rings. The number of rotatable bonds is 6. The smallest absolute Gasteiger partial charge is 0.0107 e. The second-order valence-corrected chi connectivity index (χ2v) is 6.21. The molecule has 18 heavy (non-hydrogen) atoms. The van der Waals surface area contributed by atoms with E-state index in [1.807, 2.05) is 0 Å². The molecule has 0 unspecified atom stereocenters. The van der Waals surface area contributed by atoms with Gasteiger partial charge in [-0.2, -0.15) is 0 Å². The van der Waals surface area contributed by atoms with Crippen molar-refractivity contribution in [2.45, 2.75) is 38.5 Å². The van der Waals surface area contributed by atoms with E-state index in [1.54, 1.807) is 0 Å². The van der Waals surface area contributed by atoms with Gasteiger partial charge < -0.3 is 15.1 Å². The average Bonchev–Trinajstić information content (AvgIpc) is 2.41. The van der Waals surface area contributed by atoms with Crippen LogP contribution in [0.25, 0.3) is 0 Å². The molecule has 0 aromatic rings. The highest BCUT2D eigenvalue weighted by atomic mass is 15.2. The molecule has 1 saturated heterocycles. The SMILES string of the molecule is CN(CCCN1CCNCC1)CC1CCCCC1. The molecule has 0 bridgehead atoms. The molecule has 1 aliphatic carbocycles. The Kier molecular flexibility index (Phi) is 6.46. The number of nitrogens with one attached hydrogen (secondary N) is 1. The predicted octanol–water partition coefficient (Wildman–Crippen LogP) is 1.79. The standard InChI is InChI=1S/C15H31N3/c1-17(14-15-6-3-2-4-7-15)10-5-11-18-12-8-16-9-13-18/h15-16H,2-14H2,1H3. The third kappa shape index (κ3) is 5.25. The Morgan fingerprint density at radius 3 is 2.56 bits per heavy atom. The zero-order valence-corrected chi connectivity index (χ0v) is 12.2. The third-order valence-electron chi connectivity index (χ3n) is 4.52. The Labute approximate surface area is 113 Å². The van der Waals surface area contributed by atoms with Crippen molar-refractivity contribution in [1.29, 1.82) is 0 Å². The molecule has 0 spiro atoms. The van der Waals surface area contributed by atoms with Crippen molar-refractivity contribution in [3.05, 3.63) is 0 Å². The summed E-state index contributed by atoms with van der Waals surface area (Å²) in [7, 11) is 2.31. The summed E-state index contributed by atoms with van der Waals surface area (Å²) in [5.74, 6) is 0.989. The highest BCUT2D eigenvalue weighted by Gasteiger charge is 2.15. The van der Waals surface area contributed by atoms with E-state index >= 15 is 0 Å². The maximum Gasteiger partial charge on any atom is 0.0107 e. The van der Waals surface area contributed by atoms with Crippen molar-refractivity contribution in [2.75, 3.05) is 52.9 Å². The maximum absolute atomic E-state index is 3.42. The van der Waals surface area contributed by atoms with Crippen molar-refractivity contribution < 1.29 is 0 Å². The second kappa shape index (κ2) is 8.13. The van der Waals surface area contributed by atoms with Gasteiger partial charge in [0.2, 0.25) is 0 Å². The topological polar surface area (TPSA) is 18.5 Å². The number of hydrogen-bond acceptors (Lipinski definition) is 3. The van der Waals surface area contributed by atoms with Gasteiger partial charge in [-0.3, -0.25) is 0 Å². The Morgan fingerprint density at radius 1 is 1.11 bits per heavy atom. The van der Waals surface area contributed by atoms with Crippen LogP contribution in [-0.2, 0) is 0 Å². The Morgan fingerprint density at radius 2 is 1.83 bits per heavy atom. The third-order valence-corrected chi connectivity index (χ3v) is 4.52. The second-order valence-electron chi connectivity index (χ2n) is 6.21. The highest BCUT2D eigenvalue weighted by molar-refractivity contribution is 4.71. The summed E-state index contributed by atoms with van der Waals surface area (Å²) in [6.07, 6.45) is 8.70. The van der Waals surface area contributed by atoms with Crippen molar-refractivity contribution in [1.82, 2.24) is 15.1 Å². The van der Waals surface area contributed by atoms with Crippen LogP contribution in [0.2, 0.25) is 0 Å². The normalized spacial score (nSPS) is 23.7. The summed E-state index contributed by atoms with van der Waals surface area (Å²) < 4.78 is 0. The lowest BCUT2D eigenvalue weighted by Gasteiger charge is -2.29. The molecule has 1 saturated carbocycles. The molecule has 2 aliphatic rings. The minimum Gasteiger partial charge on any atom is -0.314 e. The van der Waals surface area contributed by atoms with E-state index in [9.17, 15) is 0 Å². The molecular formula is C15H31N3. The first kappa shape index (κ1) is 14.3. The van der Waals surface area contributed by atoms with Gasteiger partial charge in [0.25, 0.3) is 0 Å². The van der Waals surface area contributed by atoms with Crippen LogP contribution < -0.4 is 5.32 Å². The van der Waals surface area contributed by atoms with E-state index in [-0.39, 0.29) is 0 Å². The summed E-state index contributed by atoms with van der Waals surface area (Å²) in [6.45, 7) is 8.74. The fraction of sp³-hybridized carbons (Fsp3) is 1.00. The first-order chi connectivity index (χ1) is 8.84. The lowest BCUT2D eigenvalue weighted by Crippen LogP contribution is -2.44. The summed E-state index contributed by atoms with van der Waals surface area (Å²) in [6, 6.07) is 0. The van der Waals surface area contributed by atoms with Crippen molar-refractivity contribution >= 4 is 0 Å². The minimum absolute atomic E-state index is 0.989. The van der Waals surface area contributed by atoms with E-state index in [4.69, 9.17) is 0 Å². The summed E-state index contributed by atoms with van der Waals surface area (Å²) >= 11 is 0. The first-order valence-corrected chi connectivity index (χ1v) is 7.96. The number of piperazine rings is 1. The molecule has 3 nitrogen and oxygen atoms in total. The van der Waals surface area contributed by atoms with Crippen LogP contribution in [0.3, 0.4) is 0 Å². The van der Waals surface area contributed by atoms with Gasteiger partial charge in [0.15, 0.2) is 0 Å². The summed E-state index contributed by atoms with van der Waals surface area (Å²) in [5.41, 5.74) is 0. The monoisotopic (exact) mass is 253 g/mol. The molecule has 0 aromatic heterocycles. The van der Waals surface area contributed by atoms with Gasteiger partial charge in [-0.1, -0.05) is 19.3 Å². The first-order valence-electron chi connectivity index (χ1n) is 7.96. The van der Waals surface area contributed by atoms with Gasteiger partial charge in [-0.15, -0.1) is 0 Å². The molecule has 3 heteroatoms. The average molecular weight is 253 g/mol. The highest BCUT2D eigenvalue weighted by Crippen LogP contribution is 2.24. The van der Waals surface area contributed by atoms with Gasteiger partial charge in [-0.05, 0) is 45.3 Å². The van der Waals surface area contributed by atoms with Gasteiger partial charge in [0.1, 0.15) is 0 Å². The van der Waals surface area contributed by atoms with Crippen LogP contribution in [0.15, 0.2) is 0 Å². The zero-order valence-electron chi connectivity index (χ0n) is 12.2. The van der Waals surface area contributed by atoms with Crippen molar-refractivity contribution in [3.8, 4) is 0 Å². The lowest BCUT2D eigenvalue weighted by molar-refractivity contribution is 0.201. The van der Waals surface area contributed by atoms with E-state index in [1.165, 1.54) is 84.3 Å². The molecule has 1 heterocycles. The van der Waals surface area contributed by atoms with Gasteiger partial charge in [-0.25, -0.2) is 0 Å². The van der Waals surface area contributed by atoms with Crippen LogP contribution in [0, 0.1) is 5.92 Å². The molecule has 0 amide bonds. The fourth-order valence-corrected chi connectivity index (χ4v) is 3.40. The molecule has 2 rings (SSSR count). The molecule has 0 atom stereocenters. The van der Waals surface area contributed by atoms with Gasteiger partial charge >= 0.3 is 0 Å². The van der Waals surface area contributed by atoms with Crippen molar-refractivity contribution in [3.63, 3.8) is 0 Å². The van der Waals surface area contributed by atoms with Crippen LogP contribution in [0.4, 0.5) is 0 Å². The number of nitrogens with zero attached hydrogens (tertiary/aromatic N) is 2. The van der Waals surface area contributed by atoms with Gasteiger partial charge in [0.05, 0.1) is 0 Å². The molecule has 1 aliphatic heterocycles. The molecule has 0 aromatic carbocycles. The molecule has 1 N–H and O–H groups in total. The molecular weight excluding hydrogens is 222 g/mol. The Balaban J connectivity index is 1.52. The molecule has 106 valence electrons. The van der Waals surface area contributed by atoms with Gasteiger partial charge in [0, 0.05) is 32.7 Å². The number of hydrogen-bond donors (Lipinski definition) is 1. The van der Waals surface area contributed by atoms with E-state index in [0.717, 1.165) is 5.92 Å². The quantitative estimate of drug-likeness (QED) is 0.778. The van der Waals surface area contributed by atoms with Crippen LogP contribution in [0.5, 0.6) is 0 Å². The Hall–Kier alpha value is -0.120. The van der Waals surface area contributed by atoms with Crippen LogP contribution in [-0.4, -0.2) is 62.7 Å². The van der Waals surface area contributed by atoms with E-state index < -0.39 is 0 Å². The summed E-state index contributed by atoms with van der Waals surface area (Å²) in [5, 5.41) is 3.42. The van der Waals surface area contributed by atoms with Crippen molar-refractivity contribution in [2.24, 2.45) is 5.92 Å². The largest absolute Gasteiger partial charge is 0.314 e. The lowest BCUT2D eigenvalue weighted by atomic mass is 9.89. The zero-order chi connectivity index (χ0) is 12.6. The minimum atomic E-state index is 0.989. The van der Waals surface area contributed by atoms with Crippen LogP contribution in [0.1, 0.15) is 38.5 Å². The van der Waals surface area contributed by atoms with E-state index in [2.05, 4.69) is 22.2 Å². The predicted molar refractivity (Wildman–Crippen MR) is 78.0 cm³/mol. The fourth-order valence-electron chi connectivity index (χ4n) is 3.40. The molecule has 0 radical (unpaired) electrons. The summed E-state index contributed by atoms with van der Waals surface area (Å²) in [4.78, 5) is 5.17. The Bertz CT molecular complexity index is 208. The van der Waals surface area contributed by atoms with Crippen LogP contribution >= 0.6 is 0 Å². The van der Waals surface area contributed by atoms with E-state index in [0.29, 0.717) is 0 Å². The maximum atomic E-state index is 3.42.